The first-order valence-corrected chi connectivity index (χ1v) is 7.64. The smallest absolute Gasteiger partial charge is 0.258 e. The van der Waals surface area contributed by atoms with Gasteiger partial charge in [-0.1, -0.05) is 6.92 Å². The fourth-order valence-corrected chi connectivity index (χ4v) is 3.47. The maximum atomic E-state index is 12.3. The molecule has 1 amide bonds. The molecule has 1 unspecified atom stereocenters. The van der Waals surface area contributed by atoms with E-state index in [1.165, 1.54) is 24.4 Å². The van der Waals surface area contributed by atoms with Gasteiger partial charge in [0.25, 0.3) is 5.91 Å². The summed E-state index contributed by atoms with van der Waals surface area (Å²) in [6.07, 6.45) is 3.43. The van der Waals surface area contributed by atoms with Crippen LogP contribution < -0.4 is 16.0 Å². The standard InChI is InChI=1S/C13H22N4OS/c1-4-9-6-5-7-17(9)13-10(11(14)16-19-13)12(18)15-8(2)3/h8-9H,4-7H2,1-3H3,(H2,14,16)(H,15,18). The Bertz CT molecular complexity index is 457. The molecule has 2 heterocycles. The van der Waals surface area contributed by atoms with Gasteiger partial charge in [0.2, 0.25) is 0 Å². The van der Waals surface area contributed by atoms with Gasteiger partial charge in [0.15, 0.2) is 5.82 Å². The Morgan fingerprint density at radius 3 is 3.00 bits per heavy atom. The molecule has 19 heavy (non-hydrogen) atoms. The lowest BCUT2D eigenvalue weighted by atomic mass is 10.1. The van der Waals surface area contributed by atoms with Crippen LogP contribution in [-0.2, 0) is 0 Å². The number of amides is 1. The molecule has 3 N–H and O–H groups in total. The Labute approximate surface area is 118 Å². The van der Waals surface area contributed by atoms with Crippen LogP contribution in [0, 0.1) is 0 Å². The molecule has 106 valence electrons. The molecule has 1 aliphatic heterocycles. The van der Waals surface area contributed by atoms with Gasteiger partial charge in [-0.05, 0) is 44.6 Å². The van der Waals surface area contributed by atoms with E-state index in [1.807, 2.05) is 13.8 Å². The van der Waals surface area contributed by atoms with Crippen molar-refractivity contribution < 1.29 is 4.79 Å². The second-order valence-electron chi connectivity index (χ2n) is 5.27. The van der Waals surface area contributed by atoms with E-state index in [2.05, 4.69) is 21.5 Å². The molecule has 6 heteroatoms. The first-order chi connectivity index (χ1) is 9.04. The van der Waals surface area contributed by atoms with Crippen LogP contribution in [0.3, 0.4) is 0 Å². The monoisotopic (exact) mass is 282 g/mol. The van der Waals surface area contributed by atoms with Gasteiger partial charge in [0, 0.05) is 18.6 Å². The number of nitrogens with one attached hydrogen (secondary N) is 1. The number of carbonyl (C=O) groups excluding carboxylic acids is 1. The van der Waals surface area contributed by atoms with Gasteiger partial charge in [-0.3, -0.25) is 4.79 Å². The molecule has 0 radical (unpaired) electrons. The molecule has 0 aliphatic carbocycles. The molecular weight excluding hydrogens is 260 g/mol. The summed E-state index contributed by atoms with van der Waals surface area (Å²) >= 11 is 1.34. The lowest BCUT2D eigenvalue weighted by Crippen LogP contribution is -2.34. The van der Waals surface area contributed by atoms with Crippen LogP contribution in [0.2, 0.25) is 0 Å². The normalized spacial score (nSPS) is 19.2. The predicted octanol–water partition coefficient (Wildman–Crippen LogP) is 2.24. The summed E-state index contributed by atoms with van der Waals surface area (Å²) < 4.78 is 4.18. The third kappa shape index (κ3) is 2.83. The number of aromatic nitrogens is 1. The number of rotatable bonds is 4. The highest BCUT2D eigenvalue weighted by atomic mass is 32.1. The molecule has 1 atom stereocenters. The maximum absolute atomic E-state index is 12.3. The third-order valence-electron chi connectivity index (χ3n) is 3.46. The van der Waals surface area contributed by atoms with Crippen molar-refractivity contribution in [2.24, 2.45) is 0 Å². The number of hydrogen-bond donors (Lipinski definition) is 2. The molecule has 5 nitrogen and oxygen atoms in total. The minimum Gasteiger partial charge on any atom is -0.382 e. The molecule has 1 saturated heterocycles. The molecule has 0 aromatic carbocycles. The zero-order valence-electron chi connectivity index (χ0n) is 11.8. The fraction of sp³-hybridized carbons (Fsp3) is 0.692. The first kappa shape index (κ1) is 14.1. The third-order valence-corrected chi connectivity index (χ3v) is 4.36. The molecule has 1 aliphatic rings. The highest BCUT2D eigenvalue weighted by Crippen LogP contribution is 2.36. The SMILES string of the molecule is CCC1CCCN1c1snc(N)c1C(=O)NC(C)C. The van der Waals surface area contributed by atoms with E-state index in [0.717, 1.165) is 18.0 Å². The van der Waals surface area contributed by atoms with Crippen LogP contribution in [0.4, 0.5) is 10.8 Å². The van der Waals surface area contributed by atoms with Crippen LogP contribution in [0.25, 0.3) is 0 Å². The maximum Gasteiger partial charge on any atom is 0.258 e. The zero-order valence-corrected chi connectivity index (χ0v) is 12.6. The summed E-state index contributed by atoms with van der Waals surface area (Å²) in [6, 6.07) is 0.602. The molecule has 0 bridgehead atoms. The van der Waals surface area contributed by atoms with E-state index >= 15 is 0 Å². The van der Waals surface area contributed by atoms with Crippen molar-refractivity contribution in [3.05, 3.63) is 5.56 Å². The van der Waals surface area contributed by atoms with Gasteiger partial charge in [-0.25, -0.2) is 0 Å². The number of nitrogens with two attached hydrogens (primary N) is 1. The Morgan fingerprint density at radius 1 is 1.63 bits per heavy atom. The highest BCUT2D eigenvalue weighted by molar-refractivity contribution is 7.11. The molecule has 1 fully saturated rings. The predicted molar refractivity (Wildman–Crippen MR) is 79.8 cm³/mol. The molecule has 0 saturated carbocycles. The van der Waals surface area contributed by atoms with E-state index in [1.54, 1.807) is 0 Å². The second-order valence-corrected chi connectivity index (χ2v) is 6.03. The van der Waals surface area contributed by atoms with Gasteiger partial charge >= 0.3 is 0 Å². The molecule has 1 aromatic heterocycles. The van der Waals surface area contributed by atoms with Gasteiger partial charge < -0.3 is 16.0 Å². The number of carbonyl (C=O) groups is 1. The molecule has 1 aromatic rings. The topological polar surface area (TPSA) is 71.2 Å². The van der Waals surface area contributed by atoms with E-state index < -0.39 is 0 Å². The summed E-state index contributed by atoms with van der Waals surface area (Å²) in [5.74, 6) is 0.234. The number of nitrogens with zero attached hydrogens (tertiary/aromatic N) is 2. The summed E-state index contributed by atoms with van der Waals surface area (Å²) in [5.41, 5.74) is 6.44. The van der Waals surface area contributed by atoms with Crippen LogP contribution in [0.1, 0.15) is 50.4 Å². The average molecular weight is 282 g/mol. The molecule has 0 spiro atoms. The van der Waals surface area contributed by atoms with Crippen molar-refractivity contribution in [2.75, 3.05) is 17.2 Å². The van der Waals surface area contributed by atoms with Gasteiger partial charge in [0.1, 0.15) is 10.6 Å². The van der Waals surface area contributed by atoms with Crippen molar-refractivity contribution in [1.29, 1.82) is 0 Å². The number of hydrogen-bond acceptors (Lipinski definition) is 5. The van der Waals surface area contributed by atoms with E-state index in [4.69, 9.17) is 5.73 Å². The second kappa shape index (κ2) is 5.77. The van der Waals surface area contributed by atoms with E-state index in [0.29, 0.717) is 17.4 Å². The number of nitrogen functional groups attached to an aromatic ring is 1. The average Bonchev–Trinajstić information content (AvgIpc) is 2.93. The zero-order chi connectivity index (χ0) is 14.0. The lowest BCUT2D eigenvalue weighted by Gasteiger charge is -2.25. The van der Waals surface area contributed by atoms with Gasteiger partial charge in [-0.2, -0.15) is 4.37 Å². The summed E-state index contributed by atoms with van der Waals surface area (Å²) in [4.78, 5) is 14.6. The Kier molecular flexibility index (Phi) is 4.29. The Morgan fingerprint density at radius 2 is 2.37 bits per heavy atom. The quantitative estimate of drug-likeness (QED) is 0.888. The van der Waals surface area contributed by atoms with Crippen LogP contribution in [0.5, 0.6) is 0 Å². The summed E-state index contributed by atoms with van der Waals surface area (Å²) in [7, 11) is 0. The summed E-state index contributed by atoms with van der Waals surface area (Å²) in [5, 5.41) is 3.83. The minimum absolute atomic E-state index is 0.0974. The van der Waals surface area contributed by atoms with E-state index in [9.17, 15) is 4.79 Å². The van der Waals surface area contributed by atoms with Crippen molar-refractivity contribution in [1.82, 2.24) is 9.69 Å². The Balaban J connectivity index is 2.29. The highest BCUT2D eigenvalue weighted by Gasteiger charge is 2.30. The fourth-order valence-electron chi connectivity index (χ4n) is 2.56. The van der Waals surface area contributed by atoms with Gasteiger partial charge in [0.05, 0.1) is 0 Å². The van der Waals surface area contributed by atoms with Crippen molar-refractivity contribution in [3.8, 4) is 0 Å². The Hall–Kier alpha value is -1.30. The largest absolute Gasteiger partial charge is 0.382 e. The molecule has 2 rings (SSSR count). The summed E-state index contributed by atoms with van der Waals surface area (Å²) in [6.45, 7) is 7.06. The first-order valence-electron chi connectivity index (χ1n) is 6.87. The molecular formula is C13H22N4OS. The van der Waals surface area contributed by atoms with Crippen molar-refractivity contribution in [3.63, 3.8) is 0 Å². The van der Waals surface area contributed by atoms with Crippen LogP contribution in [-0.4, -0.2) is 28.9 Å². The van der Waals surface area contributed by atoms with Crippen LogP contribution in [0.15, 0.2) is 0 Å². The number of anilines is 2. The van der Waals surface area contributed by atoms with Crippen molar-refractivity contribution in [2.45, 2.75) is 52.1 Å². The lowest BCUT2D eigenvalue weighted by molar-refractivity contribution is 0.0944. The van der Waals surface area contributed by atoms with Crippen LogP contribution >= 0.6 is 11.5 Å². The van der Waals surface area contributed by atoms with E-state index in [-0.39, 0.29) is 11.9 Å². The minimum atomic E-state index is -0.113. The van der Waals surface area contributed by atoms with Gasteiger partial charge in [-0.15, -0.1) is 0 Å². The van der Waals surface area contributed by atoms with Crippen molar-refractivity contribution >= 4 is 28.3 Å².